The summed E-state index contributed by atoms with van der Waals surface area (Å²) in [7, 11) is -21.9. The van der Waals surface area contributed by atoms with Crippen molar-refractivity contribution in [1.82, 2.24) is 39.0 Å². The van der Waals surface area contributed by atoms with Crippen LogP contribution in [0.4, 0.5) is 42.6 Å². The molecule has 3 fully saturated rings. The van der Waals surface area contributed by atoms with E-state index >= 15 is 0 Å². The van der Waals surface area contributed by atoms with Gasteiger partial charge in [0, 0.05) is 20.2 Å². The quantitative estimate of drug-likeness (QED) is 0.0716. The summed E-state index contributed by atoms with van der Waals surface area (Å²) in [5, 5.41) is 34.8. The molecule has 0 bridgehead atoms. The zero-order valence-electron chi connectivity index (χ0n) is 43.9. The molecule has 0 unspecified atom stereocenters. The fraction of sp³-hybridized carbons (Fsp3) is 0.744. The van der Waals surface area contributed by atoms with Gasteiger partial charge in [-0.25, -0.2) is 9.97 Å². The third kappa shape index (κ3) is 12.4. The zero-order valence-corrected chi connectivity index (χ0v) is 48.1. The molecular formula is C39H63F7N10O14S4Si2. The molecule has 434 valence electrons. The van der Waals surface area contributed by atoms with Crippen molar-refractivity contribution in [3.63, 3.8) is 0 Å². The van der Waals surface area contributed by atoms with Crippen molar-refractivity contribution >= 4 is 95.1 Å². The summed E-state index contributed by atoms with van der Waals surface area (Å²) in [4.78, 5) is 44.9. The van der Waals surface area contributed by atoms with Crippen LogP contribution >= 0.6 is 23.5 Å². The monoisotopic (exact) mass is 1210 g/mol. The molecule has 76 heavy (non-hydrogen) atoms. The molecule has 3 aliphatic heterocycles. The number of nitrogen functional groups attached to an aromatic ring is 2. The van der Waals surface area contributed by atoms with Gasteiger partial charge in [-0.15, -0.1) is 23.5 Å². The van der Waals surface area contributed by atoms with E-state index < -0.39 is 111 Å². The highest BCUT2D eigenvalue weighted by molar-refractivity contribution is 8.00. The summed E-state index contributed by atoms with van der Waals surface area (Å²) >= 11 is 2.75. The second-order valence-electron chi connectivity index (χ2n) is 21.4. The minimum absolute atomic E-state index is 0.0166. The van der Waals surface area contributed by atoms with Crippen LogP contribution in [0.25, 0.3) is 22.3 Å². The molecule has 4 aromatic heterocycles. The first kappa shape index (κ1) is 63.4. The number of nitrogens with one attached hydrogen (secondary N) is 2. The molecule has 8 atom stereocenters. The Kier molecular flexibility index (Phi) is 18.5. The first-order chi connectivity index (χ1) is 34.7. The molecule has 3 aliphatic rings. The number of imidazole rings is 2. The molecule has 0 aromatic carbocycles. The lowest BCUT2D eigenvalue weighted by atomic mass is 10.1. The van der Waals surface area contributed by atoms with E-state index in [1.165, 1.54) is 29.0 Å². The van der Waals surface area contributed by atoms with Crippen LogP contribution in [0.3, 0.4) is 0 Å². The fourth-order valence-electron chi connectivity index (χ4n) is 8.98. The fourth-order valence-corrected chi connectivity index (χ4v) is 26.9. The van der Waals surface area contributed by atoms with Gasteiger partial charge in [0.25, 0.3) is 11.1 Å². The van der Waals surface area contributed by atoms with Crippen LogP contribution in [0.2, 0.25) is 20.2 Å². The number of alkyl halides is 7. The molecule has 10 N–H and O–H groups in total. The molecule has 7 heterocycles. The number of thioether (sulfide) groups is 2. The number of fused-ring (bicyclic) bond motifs is 3. The summed E-state index contributed by atoms with van der Waals surface area (Å²) in [5.41, 5.74) is -0.709. The average Bonchev–Trinajstić information content (AvgIpc) is 4.02. The Labute approximate surface area is 443 Å². The molecule has 4 aromatic rings. The standard InChI is InChI=1S/C18H29N5O4SSi.C10H18F6O6S2Si.C10H13N5O4S.CH3F/c1-17(2,3)29(18(4,5)6)26-7-9-12(27-29)11(24)15(28-9)23-8-20-10-13(23)21-16(19)22-14(10)25;1-7(2,3)25(8(4,5)6,21-23(17,18)9(11,12)13)22-24(19,20)10(14,15)16;11-10-13-7-4(8(19)14-10)12-2-15(7)9-6(18)5(17)3(1-16)20-9;1-2/h8-9,11-12,15,24H,7H2,1-6H3,(H3,19,21,22,25);1-6H3;2-3,5-6,9,16-18H,1H2,(H3,11,13,14,19);1H3/t9-,11-,12-,15-;;3-,5-,6-,9-;/m1.1./s1/i;;;1D. The van der Waals surface area contributed by atoms with Crippen molar-refractivity contribution in [2.75, 3.05) is 31.8 Å². The Morgan fingerprint density at radius 2 is 1.13 bits per heavy atom. The third-order valence-corrected chi connectivity index (χ3v) is 28.9. The SMILES string of the molecule is CC(C)(C)[Si](OS(=O)(=O)C(F)(F)F)(OS(=O)(=O)C(F)(F)F)C(C)(C)C.CC(C)(C)[Si]1(C(C)(C)C)OC[C@H]2S[C@@H](n3cnc4c(=O)[nH]c(N)nc43)[C@H](O)[C@@H]2O1.Nc1nc2c(ncn2[C@@H]2S[C@H](CO)[C@@H](O)[C@H]2O)c(=O)[nH]1.[2H]CF. The van der Waals surface area contributed by atoms with Crippen molar-refractivity contribution in [3.8, 4) is 0 Å². The topological polar surface area (TPSA) is 365 Å². The van der Waals surface area contributed by atoms with Gasteiger partial charge in [0.1, 0.15) is 23.0 Å². The number of aromatic amines is 2. The highest BCUT2D eigenvalue weighted by atomic mass is 32.2. The number of nitrogens with two attached hydrogens (primary N) is 2. The Balaban J connectivity index is 0.000000247. The van der Waals surface area contributed by atoms with Crippen molar-refractivity contribution < 1.29 is 86.0 Å². The Bertz CT molecular complexity index is 3000. The number of nitrogens with zero attached hydrogens (tertiary/aromatic N) is 6. The molecule has 0 spiro atoms. The molecule has 7 rings (SSSR count). The molecule has 3 saturated heterocycles. The largest absolute Gasteiger partial charge is 0.522 e. The summed E-state index contributed by atoms with van der Waals surface area (Å²) in [6.07, 6.45) is -0.418. The predicted molar refractivity (Wildman–Crippen MR) is 271 cm³/mol. The highest BCUT2D eigenvalue weighted by Crippen LogP contribution is 2.59. The van der Waals surface area contributed by atoms with E-state index in [0.717, 1.165) is 41.5 Å². The van der Waals surface area contributed by atoms with E-state index in [1.807, 2.05) is 0 Å². The summed E-state index contributed by atoms with van der Waals surface area (Å²) in [5.74, 6) is -0.0355. The first-order valence-corrected chi connectivity index (χ1v) is 30.7. The summed E-state index contributed by atoms with van der Waals surface area (Å²) < 4.78 is 162. The number of hydrogen-bond acceptors (Lipinski definition) is 22. The van der Waals surface area contributed by atoms with Crippen LogP contribution < -0.4 is 22.6 Å². The minimum atomic E-state index is -6.43. The summed E-state index contributed by atoms with van der Waals surface area (Å²) in [6, 6.07) is 0. The van der Waals surface area contributed by atoms with Crippen LogP contribution in [0, 0.1) is 0 Å². The van der Waals surface area contributed by atoms with E-state index in [1.54, 1.807) is 16.3 Å². The number of halogens is 7. The van der Waals surface area contributed by atoms with Gasteiger partial charge >= 0.3 is 48.4 Å². The highest BCUT2D eigenvalue weighted by Gasteiger charge is 2.69. The van der Waals surface area contributed by atoms with Gasteiger partial charge in [-0.3, -0.25) is 40.8 Å². The van der Waals surface area contributed by atoms with E-state index in [2.05, 4.69) is 79.2 Å². The lowest BCUT2D eigenvalue weighted by Crippen LogP contribution is -2.65. The molecule has 37 heteroatoms. The van der Waals surface area contributed by atoms with Crippen LogP contribution in [0.1, 0.15) is 95.2 Å². The normalized spacial score (nSPS) is 24.9. The van der Waals surface area contributed by atoms with E-state index in [0.29, 0.717) is 12.3 Å². The van der Waals surface area contributed by atoms with Gasteiger partial charge < -0.3 is 40.7 Å². The van der Waals surface area contributed by atoms with Crippen LogP contribution in [0.5, 0.6) is 0 Å². The maximum absolute atomic E-state index is 12.7. The van der Waals surface area contributed by atoms with Crippen LogP contribution in [-0.2, 0) is 36.8 Å². The predicted octanol–water partition coefficient (Wildman–Crippen LogP) is 4.51. The van der Waals surface area contributed by atoms with Crippen LogP contribution in [0.15, 0.2) is 22.2 Å². The number of rotatable bonds is 7. The number of aromatic nitrogens is 8. The minimum Gasteiger partial charge on any atom is -0.395 e. The number of aliphatic hydroxyl groups is 4. The lowest BCUT2D eigenvalue weighted by Gasteiger charge is -2.53. The van der Waals surface area contributed by atoms with Crippen molar-refractivity contribution in [2.24, 2.45) is 0 Å². The maximum atomic E-state index is 12.7. The van der Waals surface area contributed by atoms with Crippen LogP contribution in [-0.4, -0.2) is 160 Å². The van der Waals surface area contributed by atoms with E-state index in [4.69, 9.17) is 26.8 Å². The maximum Gasteiger partial charge on any atom is 0.522 e. The van der Waals surface area contributed by atoms with Crippen molar-refractivity contribution in [1.29, 1.82) is 0 Å². The van der Waals surface area contributed by atoms with E-state index in [-0.39, 0.29) is 56.6 Å². The third-order valence-electron chi connectivity index (χ3n) is 12.0. The molecule has 0 aliphatic carbocycles. The van der Waals surface area contributed by atoms with Gasteiger partial charge in [0.2, 0.25) is 11.9 Å². The number of H-pyrrole nitrogens is 2. The van der Waals surface area contributed by atoms with Crippen molar-refractivity contribution in [3.05, 3.63) is 33.4 Å². The number of hydrogen-bond donors (Lipinski definition) is 8. The van der Waals surface area contributed by atoms with Gasteiger partial charge in [0.15, 0.2) is 22.3 Å². The zero-order chi connectivity index (χ0) is 59.4. The van der Waals surface area contributed by atoms with Gasteiger partial charge in [-0.05, 0) is 0 Å². The Hall–Kier alpha value is -3.48. The van der Waals surface area contributed by atoms with Gasteiger partial charge in [-0.1, -0.05) is 83.1 Å². The average molecular weight is 1210 g/mol. The second-order valence-corrected chi connectivity index (χ2v) is 37.2. The number of anilines is 2. The number of aliphatic hydroxyl groups excluding tert-OH is 4. The first-order valence-electron chi connectivity index (χ1n) is 23.0. The van der Waals surface area contributed by atoms with E-state index in [9.17, 15) is 72.5 Å². The molecule has 0 saturated carbocycles. The summed E-state index contributed by atoms with van der Waals surface area (Å²) in [6.45, 7) is 19.4. The van der Waals surface area contributed by atoms with Gasteiger partial charge in [-0.2, -0.15) is 53.1 Å². The smallest absolute Gasteiger partial charge is 0.395 e. The molecule has 0 amide bonds. The Morgan fingerprint density at radius 3 is 1.46 bits per heavy atom. The Morgan fingerprint density at radius 1 is 0.750 bits per heavy atom. The molecule has 24 nitrogen and oxygen atoms in total. The lowest BCUT2D eigenvalue weighted by molar-refractivity contribution is -0.0541. The second kappa shape index (κ2) is 22.2. The van der Waals surface area contributed by atoms with Crippen molar-refractivity contribution in [2.45, 2.75) is 160 Å². The molecular weight excluding hydrogens is 1150 g/mol. The molecule has 0 radical (unpaired) electrons. The van der Waals surface area contributed by atoms with Gasteiger partial charge in [0.05, 0.1) is 57.1 Å².